The van der Waals surface area contributed by atoms with Crippen molar-refractivity contribution < 1.29 is 26.3 Å². The monoisotopic (exact) mass is 426 g/mol. The van der Waals surface area contributed by atoms with Gasteiger partial charge in [-0.05, 0) is 36.4 Å². The highest BCUT2D eigenvalue weighted by Gasteiger charge is 2.34. The van der Waals surface area contributed by atoms with Crippen LogP contribution in [0, 0.1) is 0 Å². The Hall–Kier alpha value is -2.14. The van der Waals surface area contributed by atoms with Gasteiger partial charge in [-0.15, -0.1) is 0 Å². The van der Waals surface area contributed by atoms with Gasteiger partial charge < -0.3 is 9.47 Å². The average molecular weight is 427 g/mol. The predicted octanol–water partition coefficient (Wildman–Crippen LogP) is 1.40. The SMILES string of the molecule is COc1ccc(S(=O)(=O)N2CCN(S(=O)(=O)c3ccccc3OC)CC2)cc1. The summed E-state index contributed by atoms with van der Waals surface area (Å²) in [5, 5.41) is 0. The lowest BCUT2D eigenvalue weighted by atomic mass is 10.3. The molecule has 0 aromatic heterocycles. The summed E-state index contributed by atoms with van der Waals surface area (Å²) in [6.07, 6.45) is 0. The number of benzene rings is 2. The minimum absolute atomic E-state index is 0.0652. The number of nitrogens with zero attached hydrogens (tertiary/aromatic N) is 2. The highest BCUT2D eigenvalue weighted by Crippen LogP contribution is 2.28. The van der Waals surface area contributed by atoms with E-state index in [4.69, 9.17) is 9.47 Å². The molecule has 0 radical (unpaired) electrons. The fourth-order valence-electron chi connectivity index (χ4n) is 3.02. The largest absolute Gasteiger partial charge is 0.497 e. The number of hydrogen-bond acceptors (Lipinski definition) is 6. The van der Waals surface area contributed by atoms with E-state index in [1.165, 1.54) is 41.0 Å². The molecule has 0 aliphatic carbocycles. The van der Waals surface area contributed by atoms with E-state index in [1.54, 1.807) is 30.3 Å². The Kier molecular flexibility index (Phi) is 5.94. The van der Waals surface area contributed by atoms with Crippen molar-refractivity contribution in [1.29, 1.82) is 0 Å². The summed E-state index contributed by atoms with van der Waals surface area (Å²) in [6, 6.07) is 12.5. The molecule has 1 heterocycles. The molecule has 0 atom stereocenters. The van der Waals surface area contributed by atoms with Gasteiger partial charge in [-0.3, -0.25) is 0 Å². The van der Waals surface area contributed by atoms with Crippen molar-refractivity contribution in [3.8, 4) is 11.5 Å². The lowest BCUT2D eigenvalue weighted by Gasteiger charge is -2.33. The molecule has 0 bridgehead atoms. The van der Waals surface area contributed by atoms with Gasteiger partial charge in [0.25, 0.3) is 0 Å². The molecule has 8 nitrogen and oxygen atoms in total. The number of piperazine rings is 1. The summed E-state index contributed by atoms with van der Waals surface area (Å²) < 4.78 is 64.3. The Morgan fingerprint density at radius 3 is 1.79 bits per heavy atom. The van der Waals surface area contributed by atoms with E-state index in [-0.39, 0.29) is 41.7 Å². The molecule has 2 aromatic carbocycles. The van der Waals surface area contributed by atoms with Crippen molar-refractivity contribution in [2.45, 2.75) is 9.79 Å². The molecule has 28 heavy (non-hydrogen) atoms. The Morgan fingerprint density at radius 2 is 1.25 bits per heavy atom. The summed E-state index contributed by atoms with van der Waals surface area (Å²) in [4.78, 5) is 0.221. The Labute approximate surface area is 165 Å². The lowest BCUT2D eigenvalue weighted by molar-refractivity contribution is 0.272. The quantitative estimate of drug-likeness (QED) is 0.693. The van der Waals surface area contributed by atoms with Crippen LogP contribution in [0.2, 0.25) is 0 Å². The predicted molar refractivity (Wildman–Crippen MR) is 104 cm³/mol. The van der Waals surface area contributed by atoms with Gasteiger partial charge in [0.2, 0.25) is 20.0 Å². The molecule has 0 unspecified atom stereocenters. The van der Waals surface area contributed by atoms with Crippen molar-refractivity contribution in [2.75, 3.05) is 40.4 Å². The van der Waals surface area contributed by atoms with Gasteiger partial charge in [0, 0.05) is 26.2 Å². The van der Waals surface area contributed by atoms with Crippen LogP contribution in [-0.2, 0) is 20.0 Å². The highest BCUT2D eigenvalue weighted by molar-refractivity contribution is 7.89. The third kappa shape index (κ3) is 3.86. The van der Waals surface area contributed by atoms with Gasteiger partial charge in [0.1, 0.15) is 16.4 Å². The van der Waals surface area contributed by atoms with Gasteiger partial charge in [0.15, 0.2) is 0 Å². The molecule has 3 rings (SSSR count). The second kappa shape index (κ2) is 8.08. The van der Waals surface area contributed by atoms with E-state index in [2.05, 4.69) is 0 Å². The van der Waals surface area contributed by atoms with Crippen LogP contribution >= 0.6 is 0 Å². The first-order valence-corrected chi connectivity index (χ1v) is 11.5. The smallest absolute Gasteiger partial charge is 0.246 e. The zero-order chi connectivity index (χ0) is 20.4. The number of ether oxygens (including phenoxy) is 2. The minimum Gasteiger partial charge on any atom is -0.497 e. The first-order chi connectivity index (χ1) is 13.3. The van der Waals surface area contributed by atoms with Crippen LogP contribution in [0.5, 0.6) is 11.5 Å². The van der Waals surface area contributed by atoms with Crippen LogP contribution in [0.1, 0.15) is 0 Å². The first kappa shape index (κ1) is 20.6. The van der Waals surface area contributed by atoms with E-state index in [1.807, 2.05) is 0 Å². The zero-order valence-corrected chi connectivity index (χ0v) is 17.2. The van der Waals surface area contributed by atoms with Crippen molar-refractivity contribution in [1.82, 2.24) is 8.61 Å². The number of para-hydroxylation sites is 1. The molecule has 0 amide bonds. The van der Waals surface area contributed by atoms with Gasteiger partial charge in [-0.25, -0.2) is 16.8 Å². The summed E-state index contributed by atoms with van der Waals surface area (Å²) in [7, 11) is -4.56. The van der Waals surface area contributed by atoms with Crippen LogP contribution in [0.25, 0.3) is 0 Å². The molecule has 1 fully saturated rings. The van der Waals surface area contributed by atoms with Crippen molar-refractivity contribution >= 4 is 20.0 Å². The fourth-order valence-corrected chi connectivity index (χ4v) is 6.02. The average Bonchev–Trinajstić information content (AvgIpc) is 2.73. The number of hydrogen-bond donors (Lipinski definition) is 0. The highest BCUT2D eigenvalue weighted by atomic mass is 32.2. The Morgan fingerprint density at radius 1 is 0.714 bits per heavy atom. The number of rotatable bonds is 6. The van der Waals surface area contributed by atoms with Crippen LogP contribution in [0.3, 0.4) is 0 Å². The van der Waals surface area contributed by atoms with Gasteiger partial charge in [-0.1, -0.05) is 12.1 Å². The van der Waals surface area contributed by atoms with Gasteiger partial charge in [0.05, 0.1) is 19.1 Å². The Bertz CT molecular complexity index is 1030. The third-order valence-electron chi connectivity index (χ3n) is 4.58. The van der Waals surface area contributed by atoms with E-state index in [9.17, 15) is 16.8 Å². The standard InChI is InChI=1S/C18H22N2O6S2/c1-25-15-7-9-16(10-8-15)27(21,22)19-11-13-20(14-12-19)28(23,24)18-6-4-3-5-17(18)26-2/h3-10H,11-14H2,1-2H3. The number of methoxy groups -OCH3 is 2. The molecule has 0 N–H and O–H groups in total. The molecular weight excluding hydrogens is 404 g/mol. The molecule has 0 saturated carbocycles. The molecule has 152 valence electrons. The molecule has 0 spiro atoms. The maximum Gasteiger partial charge on any atom is 0.246 e. The fraction of sp³-hybridized carbons (Fsp3) is 0.333. The van der Waals surface area contributed by atoms with Crippen molar-refractivity contribution in [2.24, 2.45) is 0 Å². The summed E-state index contributed by atoms with van der Waals surface area (Å²) in [5.74, 6) is 0.822. The van der Waals surface area contributed by atoms with E-state index in [0.717, 1.165) is 0 Å². The summed E-state index contributed by atoms with van der Waals surface area (Å²) in [6.45, 7) is 0.275. The van der Waals surface area contributed by atoms with E-state index in [0.29, 0.717) is 5.75 Å². The van der Waals surface area contributed by atoms with Crippen LogP contribution in [-0.4, -0.2) is 65.8 Å². The molecular formula is C18H22N2O6S2. The van der Waals surface area contributed by atoms with E-state index < -0.39 is 20.0 Å². The second-order valence-corrected chi connectivity index (χ2v) is 9.98. The summed E-state index contributed by atoms with van der Waals surface area (Å²) >= 11 is 0. The molecule has 10 heteroatoms. The van der Waals surface area contributed by atoms with Crippen molar-refractivity contribution in [3.63, 3.8) is 0 Å². The van der Waals surface area contributed by atoms with Gasteiger partial charge in [-0.2, -0.15) is 8.61 Å². The topological polar surface area (TPSA) is 93.2 Å². The third-order valence-corrected chi connectivity index (χ3v) is 8.43. The normalized spacial score (nSPS) is 16.6. The maximum absolute atomic E-state index is 12.9. The van der Waals surface area contributed by atoms with Gasteiger partial charge >= 0.3 is 0 Å². The second-order valence-electron chi connectivity index (χ2n) is 6.13. The molecule has 2 aromatic rings. The molecule has 1 saturated heterocycles. The van der Waals surface area contributed by atoms with Crippen molar-refractivity contribution in [3.05, 3.63) is 48.5 Å². The number of sulfonamides is 2. The minimum atomic E-state index is -3.78. The Balaban J connectivity index is 1.76. The zero-order valence-electron chi connectivity index (χ0n) is 15.6. The molecule has 1 aliphatic rings. The maximum atomic E-state index is 12.9. The van der Waals surface area contributed by atoms with Crippen LogP contribution in [0.15, 0.2) is 58.3 Å². The summed E-state index contributed by atoms with van der Waals surface area (Å²) in [5.41, 5.74) is 0. The first-order valence-electron chi connectivity index (χ1n) is 8.58. The molecule has 1 aliphatic heterocycles. The van der Waals surface area contributed by atoms with E-state index >= 15 is 0 Å². The van der Waals surface area contributed by atoms with Crippen LogP contribution in [0.4, 0.5) is 0 Å². The lowest BCUT2D eigenvalue weighted by Crippen LogP contribution is -2.50. The van der Waals surface area contributed by atoms with Crippen LogP contribution < -0.4 is 9.47 Å².